The highest BCUT2D eigenvalue weighted by Crippen LogP contribution is 2.53. The fourth-order valence-electron chi connectivity index (χ4n) is 6.73. The molecule has 2 aromatic carbocycles. The molecule has 13 heteroatoms. The van der Waals surface area contributed by atoms with Gasteiger partial charge in [0.15, 0.2) is 9.84 Å². The van der Waals surface area contributed by atoms with Crippen molar-refractivity contribution >= 4 is 26.6 Å². The largest absolute Gasteiger partial charge is 0.390 e. The molecule has 1 spiro atoms. The van der Waals surface area contributed by atoms with E-state index in [1.807, 2.05) is 6.07 Å². The lowest BCUT2D eigenvalue weighted by Crippen LogP contribution is -2.53. The van der Waals surface area contributed by atoms with Crippen molar-refractivity contribution in [3.05, 3.63) is 81.5 Å². The first kappa shape index (κ1) is 31.7. The third-order valence-electron chi connectivity index (χ3n) is 9.11. The number of anilines is 1. The van der Waals surface area contributed by atoms with Crippen LogP contribution in [0.5, 0.6) is 0 Å². The molecular weight excluding hydrogens is 597 g/mol. The number of hydrogen-bond donors (Lipinski definition) is 2. The number of sulfone groups is 1. The third kappa shape index (κ3) is 5.39. The molecule has 44 heavy (non-hydrogen) atoms. The number of rotatable bonds is 9. The zero-order chi connectivity index (χ0) is 32.1. The topological polar surface area (TPSA) is 134 Å². The van der Waals surface area contributed by atoms with Crippen LogP contribution < -0.4 is 11.0 Å². The quantitative estimate of drug-likeness (QED) is 0.333. The van der Waals surface area contributed by atoms with E-state index >= 15 is 4.39 Å². The fraction of sp³-hybridized carbons (Fsp3) is 0.452. The predicted molar refractivity (Wildman–Crippen MR) is 158 cm³/mol. The van der Waals surface area contributed by atoms with Gasteiger partial charge in [0.05, 0.1) is 46.7 Å². The number of nitriles is 1. The number of nitrogens with zero attached hydrogens (tertiary/aromatic N) is 3. The molecule has 1 saturated heterocycles. The van der Waals surface area contributed by atoms with Crippen LogP contribution in [0.15, 0.2) is 47.8 Å². The number of benzene rings is 2. The van der Waals surface area contributed by atoms with Crippen molar-refractivity contribution in [1.82, 2.24) is 9.55 Å². The van der Waals surface area contributed by atoms with Crippen LogP contribution in [0.2, 0.25) is 0 Å². The maximum atomic E-state index is 15.4. The number of hydrogen-bond acceptors (Lipinski definition) is 8. The van der Waals surface area contributed by atoms with Gasteiger partial charge in [0.25, 0.3) is 5.92 Å². The van der Waals surface area contributed by atoms with E-state index in [1.165, 1.54) is 29.8 Å². The Labute approximate surface area is 252 Å². The highest BCUT2D eigenvalue weighted by molar-refractivity contribution is 7.92. The van der Waals surface area contributed by atoms with Gasteiger partial charge in [-0.3, -0.25) is 4.57 Å². The molecule has 3 aromatic rings. The molecule has 1 aromatic heterocycles. The van der Waals surface area contributed by atoms with Gasteiger partial charge in [-0.1, -0.05) is 18.2 Å². The molecule has 0 radical (unpaired) electrons. The molecule has 2 fully saturated rings. The van der Waals surface area contributed by atoms with E-state index in [4.69, 9.17) is 9.84 Å². The molecule has 0 unspecified atom stereocenters. The van der Waals surface area contributed by atoms with Crippen molar-refractivity contribution in [2.24, 2.45) is 12.5 Å². The Bertz CT molecular complexity index is 1830. The van der Waals surface area contributed by atoms with Crippen molar-refractivity contribution in [1.29, 1.82) is 5.26 Å². The molecule has 9 nitrogen and oxygen atoms in total. The molecule has 1 aliphatic carbocycles. The second kappa shape index (κ2) is 11.3. The Kier molecular flexibility index (Phi) is 8.15. The summed E-state index contributed by atoms with van der Waals surface area (Å²) in [7, 11) is 0.0686. The predicted octanol–water partition coefficient (Wildman–Crippen LogP) is 4.39. The highest BCUT2D eigenvalue weighted by atomic mass is 32.2. The minimum absolute atomic E-state index is 0.0244. The first-order chi connectivity index (χ1) is 20.7. The van der Waals surface area contributed by atoms with E-state index in [0.717, 1.165) is 6.07 Å². The molecule has 5 rings (SSSR count). The maximum absolute atomic E-state index is 15.4. The first-order valence-electron chi connectivity index (χ1n) is 14.1. The van der Waals surface area contributed by atoms with Crippen molar-refractivity contribution < 1.29 is 31.4 Å². The van der Waals surface area contributed by atoms with Crippen LogP contribution >= 0.6 is 0 Å². The van der Waals surface area contributed by atoms with Gasteiger partial charge in [0.2, 0.25) is 0 Å². The summed E-state index contributed by atoms with van der Waals surface area (Å²) in [6.07, 6.45) is 3.56. The van der Waals surface area contributed by atoms with Crippen molar-refractivity contribution in [3.8, 4) is 6.07 Å². The smallest absolute Gasteiger partial charge is 0.349 e. The summed E-state index contributed by atoms with van der Waals surface area (Å²) in [5.41, 5.74) is -1.27. The monoisotopic (exact) mass is 630 g/mol. The van der Waals surface area contributed by atoms with Gasteiger partial charge in [-0.2, -0.15) is 19.0 Å². The van der Waals surface area contributed by atoms with Crippen molar-refractivity contribution in [2.45, 2.75) is 49.7 Å². The van der Waals surface area contributed by atoms with Crippen LogP contribution in [0.25, 0.3) is 10.9 Å². The number of aliphatic hydroxyl groups is 1. The number of nitrogens with one attached hydrogen (secondary N) is 1. The molecule has 1 aliphatic heterocycles. The zero-order valence-corrected chi connectivity index (χ0v) is 25.2. The normalized spacial score (nSPS) is 19.2. The minimum Gasteiger partial charge on any atom is -0.390 e. The van der Waals surface area contributed by atoms with E-state index < -0.39 is 51.1 Å². The van der Waals surface area contributed by atoms with Crippen LogP contribution in [-0.2, 0) is 39.6 Å². The standard InChI is InChI=1S/C31H33F3N4O5S/c1-4-24(21-6-5-7-23(25(21)32)31(33,34)16-39)36-27-22-15-20(14-19(8-13-35)26(22)38(2)28(40)37-27)30(43-3)11-9-29(10-12-30)17-44(41,42)18-29/h4-7,14-15,24,39H,1,8-12,16-18H2,2-3H3,(H,36,37,40)/t24-/m1/s1. The van der Waals surface area contributed by atoms with E-state index in [1.54, 1.807) is 13.2 Å². The number of halogens is 3. The number of methoxy groups -OCH3 is 1. The number of fused-ring (bicyclic) bond motifs is 1. The molecular formula is C31H33F3N4O5S. The van der Waals surface area contributed by atoms with E-state index in [-0.39, 0.29) is 34.7 Å². The summed E-state index contributed by atoms with van der Waals surface area (Å²) in [6, 6.07) is 8.05. The summed E-state index contributed by atoms with van der Waals surface area (Å²) in [5, 5.41) is 22.2. The van der Waals surface area contributed by atoms with Gasteiger partial charge >= 0.3 is 5.69 Å². The summed E-state index contributed by atoms with van der Waals surface area (Å²) in [6.45, 7) is 2.14. The zero-order valence-electron chi connectivity index (χ0n) is 24.4. The summed E-state index contributed by atoms with van der Waals surface area (Å²) in [4.78, 5) is 17.2. The van der Waals surface area contributed by atoms with Crippen LogP contribution in [0.3, 0.4) is 0 Å². The molecule has 1 saturated carbocycles. The SMILES string of the molecule is C=C[C@@H](Nc1nc(=O)n(C)c2c(CC#N)cc(C3(OC)CCC4(CC3)CS(=O)(=O)C4)cc12)c1cccc(C(F)(F)CO)c1F. The van der Waals surface area contributed by atoms with Crippen molar-refractivity contribution in [3.63, 3.8) is 0 Å². The number of aryl methyl sites for hydroxylation is 1. The molecule has 0 amide bonds. The second-order valence-electron chi connectivity index (χ2n) is 11.8. The summed E-state index contributed by atoms with van der Waals surface area (Å²) < 4.78 is 75.3. The second-order valence-corrected chi connectivity index (χ2v) is 13.9. The van der Waals surface area contributed by atoms with Gasteiger partial charge in [0, 0.05) is 25.1 Å². The molecule has 0 bridgehead atoms. The number of aliphatic hydroxyl groups excluding tert-OH is 1. The van der Waals surface area contributed by atoms with E-state index in [2.05, 4.69) is 22.9 Å². The van der Waals surface area contributed by atoms with Crippen LogP contribution in [0.1, 0.15) is 54.0 Å². The molecule has 2 heterocycles. The maximum Gasteiger partial charge on any atom is 0.349 e. The number of alkyl halides is 2. The van der Waals surface area contributed by atoms with Crippen LogP contribution in [0, 0.1) is 22.6 Å². The lowest BCUT2D eigenvalue weighted by molar-refractivity contribution is -0.0677. The molecule has 2 N–H and O–H groups in total. The van der Waals surface area contributed by atoms with Gasteiger partial charge in [-0.25, -0.2) is 17.6 Å². The third-order valence-corrected chi connectivity index (χ3v) is 11.2. The van der Waals surface area contributed by atoms with E-state index in [9.17, 15) is 27.3 Å². The van der Waals surface area contributed by atoms with Gasteiger partial charge < -0.3 is 15.2 Å². The number of ether oxygens (including phenoxy) is 1. The first-order valence-corrected chi connectivity index (χ1v) is 15.9. The van der Waals surface area contributed by atoms with Gasteiger partial charge in [-0.15, -0.1) is 6.58 Å². The summed E-state index contributed by atoms with van der Waals surface area (Å²) in [5.74, 6) is -4.73. The molecule has 1 atom stereocenters. The average molecular weight is 631 g/mol. The van der Waals surface area contributed by atoms with Crippen molar-refractivity contribution in [2.75, 3.05) is 30.5 Å². The summed E-state index contributed by atoms with van der Waals surface area (Å²) >= 11 is 0. The fourth-order valence-corrected chi connectivity index (χ4v) is 9.09. The molecule has 2 aliphatic rings. The van der Waals surface area contributed by atoms with Crippen LogP contribution in [0.4, 0.5) is 19.0 Å². The molecule has 234 valence electrons. The van der Waals surface area contributed by atoms with Gasteiger partial charge in [-0.05, 0) is 60.4 Å². The minimum atomic E-state index is -3.82. The Morgan fingerprint density at radius 2 is 1.95 bits per heavy atom. The van der Waals surface area contributed by atoms with Crippen LogP contribution in [-0.4, -0.2) is 48.3 Å². The highest BCUT2D eigenvalue weighted by Gasteiger charge is 2.53. The average Bonchev–Trinajstić information content (AvgIpc) is 2.98. The van der Waals surface area contributed by atoms with Gasteiger partial charge in [0.1, 0.15) is 18.2 Å². The lowest BCUT2D eigenvalue weighted by atomic mass is 9.67. The van der Waals surface area contributed by atoms with E-state index in [0.29, 0.717) is 47.7 Å². The lowest BCUT2D eigenvalue weighted by Gasteiger charge is -2.50. The Hall–Kier alpha value is -3.73. The Morgan fingerprint density at radius 1 is 1.27 bits per heavy atom. The Morgan fingerprint density at radius 3 is 2.52 bits per heavy atom. The Balaban J connectivity index is 1.63. The number of aromatic nitrogens is 2.